The first-order chi connectivity index (χ1) is 7.57. The van der Waals surface area contributed by atoms with Gasteiger partial charge in [-0.15, -0.1) is 0 Å². The first-order valence-corrected chi connectivity index (χ1v) is 6.39. The number of hydrogen-bond donors (Lipinski definition) is 2. The van der Waals surface area contributed by atoms with Crippen molar-refractivity contribution in [3.8, 4) is 0 Å². The summed E-state index contributed by atoms with van der Waals surface area (Å²) in [6.07, 6.45) is 4.97. The van der Waals surface area contributed by atoms with E-state index < -0.39 is 0 Å². The van der Waals surface area contributed by atoms with Crippen molar-refractivity contribution < 1.29 is 4.79 Å². The highest BCUT2D eigenvalue weighted by molar-refractivity contribution is 5.82. The normalized spacial score (nSPS) is 25.2. The van der Waals surface area contributed by atoms with Crippen molar-refractivity contribution in [3.05, 3.63) is 0 Å². The summed E-state index contributed by atoms with van der Waals surface area (Å²) in [4.78, 5) is 14.1. The maximum atomic E-state index is 12.1. The second-order valence-electron chi connectivity index (χ2n) is 4.85. The second kappa shape index (κ2) is 6.21. The molecule has 0 aromatic carbocycles. The van der Waals surface area contributed by atoms with Gasteiger partial charge in [-0.25, -0.2) is 0 Å². The van der Waals surface area contributed by atoms with Gasteiger partial charge in [-0.2, -0.15) is 0 Å². The molecular formula is C12H25N3O. The molecule has 1 aliphatic heterocycles. The van der Waals surface area contributed by atoms with Crippen LogP contribution in [0.1, 0.15) is 46.0 Å². The Morgan fingerprint density at radius 3 is 2.69 bits per heavy atom. The van der Waals surface area contributed by atoms with Gasteiger partial charge in [-0.05, 0) is 32.6 Å². The topological polar surface area (TPSA) is 72.4 Å². The van der Waals surface area contributed by atoms with Crippen LogP contribution in [0.5, 0.6) is 0 Å². The molecule has 1 heterocycles. The second-order valence-corrected chi connectivity index (χ2v) is 4.85. The summed E-state index contributed by atoms with van der Waals surface area (Å²) in [5.74, 6) is 0.0869. The molecule has 16 heavy (non-hydrogen) atoms. The van der Waals surface area contributed by atoms with Gasteiger partial charge < -0.3 is 16.4 Å². The highest BCUT2D eigenvalue weighted by Gasteiger charge is 2.31. The molecule has 0 bridgehead atoms. The minimum absolute atomic E-state index is 0.0399. The van der Waals surface area contributed by atoms with E-state index in [0.717, 1.165) is 32.2 Å². The summed E-state index contributed by atoms with van der Waals surface area (Å²) in [6.45, 7) is 4.84. The van der Waals surface area contributed by atoms with E-state index in [1.165, 1.54) is 6.42 Å². The highest BCUT2D eigenvalue weighted by atomic mass is 16.2. The predicted molar refractivity (Wildman–Crippen MR) is 65.9 cm³/mol. The Morgan fingerprint density at radius 1 is 1.44 bits per heavy atom. The van der Waals surface area contributed by atoms with E-state index in [2.05, 4.69) is 0 Å². The molecule has 4 N–H and O–H groups in total. The summed E-state index contributed by atoms with van der Waals surface area (Å²) >= 11 is 0. The SMILES string of the molecule is CCCC(N)C(=O)N1CCCCC1C(C)N. The quantitative estimate of drug-likeness (QED) is 0.747. The molecule has 1 amide bonds. The minimum atomic E-state index is -0.343. The Bertz CT molecular complexity index is 230. The molecule has 94 valence electrons. The molecule has 1 fully saturated rings. The Kier molecular flexibility index (Phi) is 5.22. The molecule has 4 heteroatoms. The van der Waals surface area contributed by atoms with E-state index in [4.69, 9.17) is 11.5 Å². The first kappa shape index (κ1) is 13.5. The minimum Gasteiger partial charge on any atom is -0.337 e. The van der Waals surface area contributed by atoms with Gasteiger partial charge in [0, 0.05) is 18.6 Å². The van der Waals surface area contributed by atoms with Crippen LogP contribution in [0.15, 0.2) is 0 Å². The lowest BCUT2D eigenvalue weighted by Crippen LogP contribution is -2.55. The Morgan fingerprint density at radius 2 is 2.12 bits per heavy atom. The Labute approximate surface area is 98.3 Å². The predicted octanol–water partition coefficient (Wildman–Crippen LogP) is 0.842. The lowest BCUT2D eigenvalue weighted by Gasteiger charge is -2.39. The molecular weight excluding hydrogens is 202 g/mol. The zero-order valence-electron chi connectivity index (χ0n) is 10.5. The van der Waals surface area contributed by atoms with E-state index in [-0.39, 0.29) is 24.0 Å². The number of likely N-dealkylation sites (tertiary alicyclic amines) is 1. The van der Waals surface area contributed by atoms with Gasteiger partial charge >= 0.3 is 0 Å². The third-order valence-electron chi connectivity index (χ3n) is 3.36. The van der Waals surface area contributed by atoms with Gasteiger partial charge in [0.25, 0.3) is 0 Å². The van der Waals surface area contributed by atoms with Crippen LogP contribution in [0, 0.1) is 0 Å². The lowest BCUT2D eigenvalue weighted by molar-refractivity contribution is -0.136. The third-order valence-corrected chi connectivity index (χ3v) is 3.36. The largest absolute Gasteiger partial charge is 0.337 e. The number of piperidine rings is 1. The average Bonchev–Trinajstić information content (AvgIpc) is 2.28. The lowest BCUT2D eigenvalue weighted by atomic mass is 9.95. The molecule has 0 aliphatic carbocycles. The molecule has 4 nitrogen and oxygen atoms in total. The number of nitrogens with two attached hydrogens (primary N) is 2. The highest BCUT2D eigenvalue weighted by Crippen LogP contribution is 2.20. The van der Waals surface area contributed by atoms with Gasteiger partial charge in [-0.3, -0.25) is 4.79 Å². The fraction of sp³-hybridized carbons (Fsp3) is 0.917. The number of rotatable bonds is 4. The van der Waals surface area contributed by atoms with Gasteiger partial charge in [0.1, 0.15) is 0 Å². The van der Waals surface area contributed by atoms with Crippen molar-refractivity contribution in [2.75, 3.05) is 6.54 Å². The van der Waals surface area contributed by atoms with Gasteiger partial charge in [0.15, 0.2) is 0 Å². The third kappa shape index (κ3) is 3.19. The first-order valence-electron chi connectivity index (χ1n) is 6.39. The molecule has 0 radical (unpaired) electrons. The van der Waals surface area contributed by atoms with E-state index in [1.807, 2.05) is 18.7 Å². The summed E-state index contributed by atoms with van der Waals surface area (Å²) in [5.41, 5.74) is 11.8. The van der Waals surface area contributed by atoms with Crippen molar-refractivity contribution in [2.24, 2.45) is 11.5 Å². The number of nitrogens with zero attached hydrogens (tertiary/aromatic N) is 1. The maximum absolute atomic E-state index is 12.1. The molecule has 0 aromatic heterocycles. The van der Waals surface area contributed by atoms with Gasteiger partial charge in [0.2, 0.25) is 5.91 Å². The number of carbonyl (C=O) groups excluding carboxylic acids is 1. The van der Waals surface area contributed by atoms with Crippen LogP contribution in [0.3, 0.4) is 0 Å². The van der Waals surface area contributed by atoms with Gasteiger partial charge in [-0.1, -0.05) is 13.3 Å². The molecule has 0 aromatic rings. The number of hydrogen-bond acceptors (Lipinski definition) is 3. The molecule has 1 rings (SSSR count). The van der Waals surface area contributed by atoms with Crippen LogP contribution < -0.4 is 11.5 Å². The van der Waals surface area contributed by atoms with Crippen LogP contribution >= 0.6 is 0 Å². The Balaban J connectivity index is 2.63. The smallest absolute Gasteiger partial charge is 0.239 e. The van der Waals surface area contributed by atoms with E-state index in [9.17, 15) is 4.79 Å². The van der Waals surface area contributed by atoms with E-state index >= 15 is 0 Å². The monoisotopic (exact) mass is 227 g/mol. The van der Waals surface area contributed by atoms with Crippen molar-refractivity contribution >= 4 is 5.91 Å². The van der Waals surface area contributed by atoms with Crippen LogP contribution in [0.2, 0.25) is 0 Å². The zero-order valence-corrected chi connectivity index (χ0v) is 10.5. The van der Waals surface area contributed by atoms with Crippen molar-refractivity contribution in [3.63, 3.8) is 0 Å². The maximum Gasteiger partial charge on any atom is 0.239 e. The van der Waals surface area contributed by atoms with Crippen LogP contribution in [0.4, 0.5) is 0 Å². The molecule has 0 saturated carbocycles. The summed E-state index contributed by atoms with van der Waals surface area (Å²) < 4.78 is 0. The summed E-state index contributed by atoms with van der Waals surface area (Å²) in [5, 5.41) is 0. The number of carbonyl (C=O) groups is 1. The summed E-state index contributed by atoms with van der Waals surface area (Å²) in [6, 6.07) is -0.119. The molecule has 3 atom stereocenters. The standard InChI is InChI=1S/C12H25N3O/c1-3-6-10(14)12(16)15-8-5-4-7-11(15)9(2)13/h9-11H,3-8,13-14H2,1-2H3. The van der Waals surface area contributed by atoms with Gasteiger partial charge in [0.05, 0.1) is 6.04 Å². The van der Waals surface area contributed by atoms with Crippen LogP contribution in [-0.2, 0) is 4.79 Å². The molecule has 1 saturated heterocycles. The molecule has 1 aliphatic rings. The molecule has 3 unspecified atom stereocenters. The Hall–Kier alpha value is -0.610. The van der Waals surface area contributed by atoms with Crippen LogP contribution in [-0.4, -0.2) is 35.5 Å². The van der Waals surface area contributed by atoms with E-state index in [0.29, 0.717) is 0 Å². The zero-order chi connectivity index (χ0) is 12.1. The number of amides is 1. The van der Waals surface area contributed by atoms with Crippen molar-refractivity contribution in [1.82, 2.24) is 4.90 Å². The van der Waals surface area contributed by atoms with Crippen molar-refractivity contribution in [2.45, 2.75) is 64.1 Å². The van der Waals surface area contributed by atoms with E-state index in [1.54, 1.807) is 0 Å². The summed E-state index contributed by atoms with van der Waals surface area (Å²) in [7, 11) is 0. The fourth-order valence-electron chi connectivity index (χ4n) is 2.43. The average molecular weight is 227 g/mol. The fourth-order valence-corrected chi connectivity index (χ4v) is 2.43. The van der Waals surface area contributed by atoms with Crippen molar-refractivity contribution in [1.29, 1.82) is 0 Å². The molecule has 0 spiro atoms. The van der Waals surface area contributed by atoms with Crippen LogP contribution in [0.25, 0.3) is 0 Å².